The normalized spacial score (nSPS) is 18.3. The summed E-state index contributed by atoms with van der Waals surface area (Å²) in [6, 6.07) is 0.267. The maximum atomic E-state index is 11.7. The SMILES string of the molecule is CCNC(C)c1csc(N2CCN(C)C(=O)C2)n1. The summed E-state index contributed by atoms with van der Waals surface area (Å²) in [6.07, 6.45) is 0. The third-order valence-electron chi connectivity index (χ3n) is 3.19. The number of aromatic nitrogens is 1. The van der Waals surface area contributed by atoms with E-state index < -0.39 is 0 Å². The fourth-order valence-corrected chi connectivity index (χ4v) is 2.90. The molecule has 0 aromatic carbocycles. The summed E-state index contributed by atoms with van der Waals surface area (Å²) in [4.78, 5) is 20.1. The van der Waals surface area contributed by atoms with Crippen molar-refractivity contribution in [2.45, 2.75) is 19.9 Å². The van der Waals surface area contributed by atoms with Gasteiger partial charge in [0, 0.05) is 31.6 Å². The molecule has 6 heteroatoms. The van der Waals surface area contributed by atoms with Crippen molar-refractivity contribution in [3.05, 3.63) is 11.1 Å². The lowest BCUT2D eigenvalue weighted by Crippen LogP contribution is -2.48. The van der Waals surface area contributed by atoms with Gasteiger partial charge in [-0.15, -0.1) is 11.3 Å². The van der Waals surface area contributed by atoms with Crippen molar-refractivity contribution in [2.75, 3.05) is 38.1 Å². The number of carbonyl (C=O) groups excluding carboxylic acids is 1. The number of nitrogens with zero attached hydrogens (tertiary/aromatic N) is 3. The molecule has 2 rings (SSSR count). The van der Waals surface area contributed by atoms with Gasteiger partial charge >= 0.3 is 0 Å². The van der Waals surface area contributed by atoms with E-state index in [4.69, 9.17) is 0 Å². The van der Waals surface area contributed by atoms with Crippen molar-refractivity contribution in [1.82, 2.24) is 15.2 Å². The molecule has 0 spiro atoms. The van der Waals surface area contributed by atoms with Crippen LogP contribution in [0.1, 0.15) is 25.6 Å². The lowest BCUT2D eigenvalue weighted by Gasteiger charge is -2.31. The number of carbonyl (C=O) groups is 1. The van der Waals surface area contributed by atoms with E-state index >= 15 is 0 Å². The summed E-state index contributed by atoms with van der Waals surface area (Å²) in [6.45, 7) is 7.21. The molecule has 1 amide bonds. The molecular weight excluding hydrogens is 248 g/mol. The van der Waals surface area contributed by atoms with Gasteiger partial charge in [-0.2, -0.15) is 0 Å². The zero-order valence-corrected chi connectivity index (χ0v) is 12.0. The van der Waals surface area contributed by atoms with E-state index in [0.717, 1.165) is 30.5 Å². The van der Waals surface area contributed by atoms with Gasteiger partial charge in [-0.05, 0) is 13.5 Å². The van der Waals surface area contributed by atoms with E-state index in [9.17, 15) is 4.79 Å². The average Bonchev–Trinajstić information content (AvgIpc) is 2.82. The summed E-state index contributed by atoms with van der Waals surface area (Å²) < 4.78 is 0. The number of piperazine rings is 1. The first kappa shape index (κ1) is 13.3. The third-order valence-corrected chi connectivity index (χ3v) is 4.11. The standard InChI is InChI=1S/C12H20N4OS/c1-4-13-9(2)10-8-18-12(14-10)16-6-5-15(3)11(17)7-16/h8-9,13H,4-7H2,1-3H3. The van der Waals surface area contributed by atoms with Crippen molar-refractivity contribution in [2.24, 2.45) is 0 Å². The maximum absolute atomic E-state index is 11.7. The molecule has 1 N–H and O–H groups in total. The van der Waals surface area contributed by atoms with E-state index in [1.807, 2.05) is 7.05 Å². The zero-order valence-electron chi connectivity index (χ0n) is 11.1. The number of hydrogen-bond acceptors (Lipinski definition) is 5. The predicted molar refractivity (Wildman–Crippen MR) is 74.1 cm³/mol. The highest BCUT2D eigenvalue weighted by atomic mass is 32.1. The maximum Gasteiger partial charge on any atom is 0.241 e. The molecule has 1 aliphatic rings. The second-order valence-electron chi connectivity index (χ2n) is 4.57. The molecule has 2 heterocycles. The first-order valence-electron chi connectivity index (χ1n) is 6.29. The van der Waals surface area contributed by atoms with Crippen LogP contribution in [-0.4, -0.2) is 49.0 Å². The quantitative estimate of drug-likeness (QED) is 0.888. The van der Waals surface area contributed by atoms with Crippen LogP contribution >= 0.6 is 11.3 Å². The van der Waals surface area contributed by atoms with Gasteiger partial charge < -0.3 is 15.1 Å². The van der Waals surface area contributed by atoms with Crippen molar-refractivity contribution in [3.63, 3.8) is 0 Å². The number of nitrogens with one attached hydrogen (secondary N) is 1. The van der Waals surface area contributed by atoms with Gasteiger partial charge in [0.1, 0.15) is 0 Å². The molecule has 0 radical (unpaired) electrons. The fourth-order valence-electron chi connectivity index (χ4n) is 1.95. The van der Waals surface area contributed by atoms with E-state index in [2.05, 4.69) is 34.4 Å². The highest BCUT2D eigenvalue weighted by molar-refractivity contribution is 7.13. The van der Waals surface area contributed by atoms with Crippen LogP contribution in [0.4, 0.5) is 5.13 Å². The van der Waals surface area contributed by atoms with Gasteiger partial charge in [-0.1, -0.05) is 6.92 Å². The molecule has 1 unspecified atom stereocenters. The van der Waals surface area contributed by atoms with Crippen LogP contribution < -0.4 is 10.2 Å². The number of amides is 1. The molecule has 100 valence electrons. The molecule has 5 nitrogen and oxygen atoms in total. The molecule has 0 bridgehead atoms. The minimum Gasteiger partial charge on any atom is -0.342 e. The fraction of sp³-hybridized carbons (Fsp3) is 0.667. The summed E-state index contributed by atoms with van der Waals surface area (Å²) >= 11 is 1.62. The van der Waals surface area contributed by atoms with Crippen LogP contribution in [0, 0.1) is 0 Å². The van der Waals surface area contributed by atoms with Gasteiger partial charge in [0.2, 0.25) is 5.91 Å². The Labute approximate surface area is 112 Å². The van der Waals surface area contributed by atoms with Gasteiger partial charge in [-0.3, -0.25) is 4.79 Å². The highest BCUT2D eigenvalue weighted by Gasteiger charge is 2.23. The lowest BCUT2D eigenvalue weighted by molar-refractivity contribution is -0.129. The topological polar surface area (TPSA) is 48.5 Å². The van der Waals surface area contributed by atoms with E-state index in [1.54, 1.807) is 16.2 Å². The Morgan fingerprint density at radius 3 is 3.00 bits per heavy atom. The average molecular weight is 268 g/mol. The van der Waals surface area contributed by atoms with Gasteiger partial charge in [-0.25, -0.2) is 4.98 Å². The number of anilines is 1. The smallest absolute Gasteiger partial charge is 0.241 e. The van der Waals surface area contributed by atoms with Gasteiger partial charge in [0.25, 0.3) is 0 Å². The zero-order chi connectivity index (χ0) is 13.1. The Balaban J connectivity index is 2.04. The summed E-state index contributed by atoms with van der Waals surface area (Å²) in [5.74, 6) is 0.165. The van der Waals surface area contributed by atoms with Crippen LogP contribution in [0.25, 0.3) is 0 Å². The van der Waals surface area contributed by atoms with E-state index in [0.29, 0.717) is 6.54 Å². The first-order valence-corrected chi connectivity index (χ1v) is 7.17. The molecule has 1 aromatic heterocycles. The van der Waals surface area contributed by atoms with Crippen LogP contribution in [0.2, 0.25) is 0 Å². The van der Waals surface area contributed by atoms with Crippen molar-refractivity contribution >= 4 is 22.4 Å². The Morgan fingerprint density at radius 2 is 2.33 bits per heavy atom. The molecule has 0 saturated carbocycles. The number of likely N-dealkylation sites (N-methyl/N-ethyl adjacent to an activating group) is 1. The first-order chi connectivity index (χ1) is 8.61. The highest BCUT2D eigenvalue weighted by Crippen LogP contribution is 2.24. The minimum absolute atomic E-state index is 0.165. The molecule has 1 aromatic rings. The van der Waals surface area contributed by atoms with Crippen LogP contribution in [0.5, 0.6) is 0 Å². The lowest BCUT2D eigenvalue weighted by atomic mass is 10.2. The Bertz CT molecular complexity index is 420. The predicted octanol–water partition coefficient (Wildman–Crippen LogP) is 1.09. The Morgan fingerprint density at radius 1 is 1.56 bits per heavy atom. The molecular formula is C12H20N4OS. The Hall–Kier alpha value is -1.14. The van der Waals surface area contributed by atoms with E-state index in [-0.39, 0.29) is 11.9 Å². The van der Waals surface area contributed by atoms with E-state index in [1.165, 1.54) is 0 Å². The number of hydrogen-bond donors (Lipinski definition) is 1. The number of thiazole rings is 1. The molecule has 1 atom stereocenters. The Kier molecular flexibility index (Phi) is 4.19. The van der Waals surface area contributed by atoms with Crippen molar-refractivity contribution in [3.8, 4) is 0 Å². The second kappa shape index (κ2) is 5.67. The molecule has 0 aliphatic carbocycles. The monoisotopic (exact) mass is 268 g/mol. The third kappa shape index (κ3) is 2.81. The summed E-state index contributed by atoms with van der Waals surface area (Å²) in [5, 5.41) is 6.37. The largest absolute Gasteiger partial charge is 0.342 e. The molecule has 18 heavy (non-hydrogen) atoms. The van der Waals surface area contributed by atoms with Gasteiger partial charge in [0.05, 0.1) is 12.2 Å². The van der Waals surface area contributed by atoms with Gasteiger partial charge in [0.15, 0.2) is 5.13 Å². The number of rotatable bonds is 4. The second-order valence-corrected chi connectivity index (χ2v) is 5.41. The molecule has 1 saturated heterocycles. The summed E-state index contributed by atoms with van der Waals surface area (Å²) in [7, 11) is 1.85. The van der Waals surface area contributed by atoms with Crippen molar-refractivity contribution < 1.29 is 4.79 Å². The molecule has 1 aliphatic heterocycles. The molecule has 1 fully saturated rings. The van der Waals surface area contributed by atoms with Crippen molar-refractivity contribution in [1.29, 1.82) is 0 Å². The van der Waals surface area contributed by atoms with Crippen LogP contribution in [0.3, 0.4) is 0 Å². The summed E-state index contributed by atoms with van der Waals surface area (Å²) in [5.41, 5.74) is 1.06. The van der Waals surface area contributed by atoms with Crippen LogP contribution in [-0.2, 0) is 4.79 Å². The minimum atomic E-state index is 0.165. The van der Waals surface area contributed by atoms with Crippen LogP contribution in [0.15, 0.2) is 5.38 Å².